The number of hydrogen-bond donors (Lipinski definition) is 2. The van der Waals surface area contributed by atoms with E-state index in [1.807, 2.05) is 13.8 Å². The first-order chi connectivity index (χ1) is 11.7. The number of nitrogens with zero attached hydrogens (tertiary/aromatic N) is 1. The molecule has 0 saturated heterocycles. The third-order valence-corrected chi connectivity index (χ3v) is 5.79. The number of anilines is 1. The number of halogens is 1. The van der Waals surface area contributed by atoms with Crippen LogP contribution in [0.4, 0.5) is 14.3 Å². The van der Waals surface area contributed by atoms with Crippen molar-refractivity contribution in [3.8, 4) is 0 Å². The first-order valence-electron chi connectivity index (χ1n) is 7.67. The number of urea groups is 1. The summed E-state index contributed by atoms with van der Waals surface area (Å²) in [6, 6.07) is 5.43. The first-order valence-corrected chi connectivity index (χ1v) is 10.4. The summed E-state index contributed by atoms with van der Waals surface area (Å²) in [5, 5.41) is 7.06. The number of carbonyl (C=O) groups is 1. The number of aromatic nitrogens is 1. The van der Waals surface area contributed by atoms with Gasteiger partial charge < -0.3 is 5.32 Å². The first kappa shape index (κ1) is 19.3. The van der Waals surface area contributed by atoms with E-state index in [-0.39, 0.29) is 29.8 Å². The molecule has 0 aliphatic rings. The zero-order valence-electron chi connectivity index (χ0n) is 14.0. The number of amides is 2. The Labute approximate surface area is 150 Å². The molecule has 1 heterocycles. The van der Waals surface area contributed by atoms with Gasteiger partial charge in [-0.1, -0.05) is 26.0 Å². The van der Waals surface area contributed by atoms with Gasteiger partial charge in [0.25, 0.3) is 0 Å². The number of benzene rings is 1. The zero-order valence-corrected chi connectivity index (χ0v) is 15.6. The molecule has 0 unspecified atom stereocenters. The smallest absolute Gasteiger partial charge is 0.321 e. The van der Waals surface area contributed by atoms with E-state index in [9.17, 15) is 17.6 Å². The normalized spacial score (nSPS) is 11.5. The molecule has 0 bridgehead atoms. The second kappa shape index (κ2) is 8.39. The highest BCUT2D eigenvalue weighted by molar-refractivity contribution is 7.90. The van der Waals surface area contributed by atoms with Gasteiger partial charge in [0.05, 0.1) is 17.2 Å². The highest BCUT2D eigenvalue weighted by atomic mass is 32.2. The molecule has 2 N–H and O–H groups in total. The largest absolute Gasteiger partial charge is 0.334 e. The lowest BCUT2D eigenvalue weighted by Gasteiger charge is -2.06. The third kappa shape index (κ3) is 6.79. The minimum Gasteiger partial charge on any atom is -0.334 e. The van der Waals surface area contributed by atoms with Crippen molar-refractivity contribution in [3.05, 3.63) is 46.7 Å². The molecule has 136 valence electrons. The minimum atomic E-state index is -3.22. The van der Waals surface area contributed by atoms with Gasteiger partial charge in [-0.25, -0.2) is 22.6 Å². The average Bonchev–Trinajstić information content (AvgIpc) is 2.90. The van der Waals surface area contributed by atoms with Gasteiger partial charge in [0, 0.05) is 11.9 Å². The quantitative estimate of drug-likeness (QED) is 0.766. The number of nitrogens with one attached hydrogen (secondary N) is 2. The predicted octanol–water partition coefficient (Wildman–Crippen LogP) is 3.17. The Morgan fingerprint density at radius 3 is 2.80 bits per heavy atom. The van der Waals surface area contributed by atoms with Crippen LogP contribution in [0.25, 0.3) is 0 Å². The molecule has 1 aromatic carbocycles. The maximum absolute atomic E-state index is 13.1. The van der Waals surface area contributed by atoms with Crippen LogP contribution in [0.1, 0.15) is 25.1 Å². The van der Waals surface area contributed by atoms with Crippen molar-refractivity contribution in [2.24, 2.45) is 5.92 Å². The highest BCUT2D eigenvalue weighted by Crippen LogP contribution is 2.18. The minimum absolute atomic E-state index is 0.0508. The van der Waals surface area contributed by atoms with Crippen LogP contribution in [-0.4, -0.2) is 25.2 Å². The van der Waals surface area contributed by atoms with Crippen LogP contribution in [0.5, 0.6) is 0 Å². The van der Waals surface area contributed by atoms with Crippen LogP contribution >= 0.6 is 11.3 Å². The Balaban J connectivity index is 1.87. The fourth-order valence-corrected chi connectivity index (χ4v) is 4.74. The fraction of sp³-hybridized carbons (Fsp3) is 0.375. The Bertz CT molecular complexity index is 835. The number of thiazole rings is 1. The zero-order chi connectivity index (χ0) is 18.4. The van der Waals surface area contributed by atoms with Crippen LogP contribution in [0.3, 0.4) is 0 Å². The van der Waals surface area contributed by atoms with Gasteiger partial charge in [-0.3, -0.25) is 5.32 Å². The van der Waals surface area contributed by atoms with E-state index in [2.05, 4.69) is 15.6 Å². The van der Waals surface area contributed by atoms with E-state index in [1.165, 1.54) is 12.1 Å². The molecule has 0 aliphatic heterocycles. The van der Waals surface area contributed by atoms with E-state index in [0.29, 0.717) is 16.4 Å². The summed E-state index contributed by atoms with van der Waals surface area (Å²) >= 11 is 1.15. The van der Waals surface area contributed by atoms with Crippen LogP contribution in [0, 0.1) is 11.7 Å². The number of hydrogen-bond acceptors (Lipinski definition) is 5. The van der Waals surface area contributed by atoms with Crippen molar-refractivity contribution in [1.82, 2.24) is 10.3 Å². The second-order valence-corrected chi connectivity index (χ2v) is 9.00. The highest BCUT2D eigenvalue weighted by Gasteiger charge is 2.16. The lowest BCUT2D eigenvalue weighted by atomic mass is 10.2. The molecule has 2 rings (SSSR count). The summed E-state index contributed by atoms with van der Waals surface area (Å²) in [7, 11) is -3.22. The standard InChI is InChI=1S/C16H20FN3O3S2/c1-11(2)9-25(22,23)10-14-8-24-16(19-14)20-15(21)18-7-12-4-3-5-13(17)6-12/h3-6,8,11H,7,9-10H2,1-2H3,(H2,18,19,20,21). The second-order valence-electron chi connectivity index (χ2n) is 6.03. The van der Waals surface area contributed by atoms with Gasteiger partial charge in [-0.15, -0.1) is 11.3 Å². The van der Waals surface area contributed by atoms with Crippen molar-refractivity contribution < 1.29 is 17.6 Å². The molecule has 2 amide bonds. The number of sulfone groups is 1. The summed E-state index contributed by atoms with van der Waals surface area (Å²) in [6.45, 7) is 3.85. The summed E-state index contributed by atoms with van der Waals surface area (Å²) in [6.07, 6.45) is 0. The van der Waals surface area contributed by atoms with E-state index in [1.54, 1.807) is 17.5 Å². The van der Waals surface area contributed by atoms with Gasteiger partial charge in [-0.05, 0) is 23.6 Å². The van der Waals surface area contributed by atoms with Gasteiger partial charge in [0.15, 0.2) is 15.0 Å². The van der Waals surface area contributed by atoms with Crippen LogP contribution in [-0.2, 0) is 22.1 Å². The monoisotopic (exact) mass is 385 g/mol. The summed E-state index contributed by atoms with van der Waals surface area (Å²) < 4.78 is 37.0. The molecule has 6 nitrogen and oxygen atoms in total. The fourth-order valence-electron chi connectivity index (χ4n) is 2.19. The molecule has 0 spiro atoms. The van der Waals surface area contributed by atoms with Crippen molar-refractivity contribution >= 4 is 32.3 Å². The van der Waals surface area contributed by atoms with E-state index in [0.717, 1.165) is 11.3 Å². The average molecular weight is 385 g/mol. The van der Waals surface area contributed by atoms with Crippen molar-refractivity contribution in [2.45, 2.75) is 26.1 Å². The molecule has 0 atom stereocenters. The summed E-state index contributed by atoms with van der Waals surface area (Å²) in [4.78, 5) is 16.0. The molecule has 0 aliphatic carbocycles. The molecule has 1 aromatic heterocycles. The Morgan fingerprint density at radius 1 is 1.36 bits per heavy atom. The molecular formula is C16H20FN3O3S2. The summed E-state index contributed by atoms with van der Waals surface area (Å²) in [5.41, 5.74) is 1.04. The SMILES string of the molecule is CC(C)CS(=O)(=O)Cc1csc(NC(=O)NCc2cccc(F)c2)n1. The number of rotatable bonds is 7. The Morgan fingerprint density at radius 2 is 2.12 bits per heavy atom. The molecule has 25 heavy (non-hydrogen) atoms. The maximum Gasteiger partial charge on any atom is 0.321 e. The third-order valence-electron chi connectivity index (χ3n) is 3.07. The number of carbonyl (C=O) groups excluding carboxylic acids is 1. The lowest BCUT2D eigenvalue weighted by Crippen LogP contribution is -2.28. The van der Waals surface area contributed by atoms with Crippen molar-refractivity contribution in [2.75, 3.05) is 11.1 Å². The van der Waals surface area contributed by atoms with Crippen LogP contribution in [0.2, 0.25) is 0 Å². The van der Waals surface area contributed by atoms with Gasteiger partial charge in [0.2, 0.25) is 0 Å². The molecule has 2 aromatic rings. The van der Waals surface area contributed by atoms with Crippen molar-refractivity contribution in [1.29, 1.82) is 0 Å². The molecule has 9 heteroatoms. The lowest BCUT2D eigenvalue weighted by molar-refractivity contribution is 0.251. The van der Waals surface area contributed by atoms with Crippen molar-refractivity contribution in [3.63, 3.8) is 0 Å². The van der Waals surface area contributed by atoms with Crippen LogP contribution < -0.4 is 10.6 Å². The topological polar surface area (TPSA) is 88.2 Å². The van der Waals surface area contributed by atoms with Gasteiger partial charge >= 0.3 is 6.03 Å². The Hall–Kier alpha value is -2.00. The van der Waals surface area contributed by atoms with Gasteiger partial charge in [0.1, 0.15) is 5.82 Å². The molecule has 0 radical (unpaired) electrons. The maximum atomic E-state index is 13.1. The molecule has 0 saturated carbocycles. The van der Waals surface area contributed by atoms with Gasteiger partial charge in [-0.2, -0.15) is 0 Å². The predicted molar refractivity (Wildman–Crippen MR) is 96.7 cm³/mol. The van der Waals surface area contributed by atoms with E-state index < -0.39 is 15.9 Å². The Kier molecular flexibility index (Phi) is 6.49. The van der Waals surface area contributed by atoms with E-state index in [4.69, 9.17) is 0 Å². The molecular weight excluding hydrogens is 365 g/mol. The van der Waals surface area contributed by atoms with Crippen LogP contribution in [0.15, 0.2) is 29.6 Å². The van der Waals surface area contributed by atoms with E-state index >= 15 is 0 Å². The molecule has 0 fully saturated rings. The summed E-state index contributed by atoms with van der Waals surface area (Å²) in [5.74, 6) is -0.364.